The molecule has 0 bridgehead atoms. The summed E-state index contributed by atoms with van der Waals surface area (Å²) in [6.45, 7) is 4.84. The minimum Gasteiger partial charge on any atom is -0.477 e. The van der Waals surface area contributed by atoms with E-state index in [4.69, 9.17) is 9.84 Å². The van der Waals surface area contributed by atoms with Crippen molar-refractivity contribution in [3.8, 4) is 5.88 Å². The normalized spacial score (nSPS) is 10.9. The van der Waals surface area contributed by atoms with Gasteiger partial charge in [0.25, 0.3) is 0 Å². The molecule has 0 aliphatic carbocycles. The molecule has 1 aromatic heterocycles. The Balaban J connectivity index is 2.23. The Kier molecular flexibility index (Phi) is 4.50. The van der Waals surface area contributed by atoms with Crippen molar-refractivity contribution >= 4 is 16.9 Å². The zero-order valence-corrected chi connectivity index (χ0v) is 11.7. The molecule has 0 saturated carbocycles. The lowest BCUT2D eigenvalue weighted by Crippen LogP contribution is -2.08. The van der Waals surface area contributed by atoms with Crippen LogP contribution in [0.2, 0.25) is 0 Å². The molecule has 0 aliphatic rings. The highest BCUT2D eigenvalue weighted by atomic mass is 16.5. The highest BCUT2D eigenvalue weighted by Crippen LogP contribution is 2.22. The second-order valence-electron chi connectivity index (χ2n) is 5.06. The smallest absolute Gasteiger partial charge is 0.374 e. The van der Waals surface area contributed by atoms with E-state index in [2.05, 4.69) is 23.8 Å². The van der Waals surface area contributed by atoms with Gasteiger partial charge in [-0.15, -0.1) is 0 Å². The maximum Gasteiger partial charge on any atom is 0.374 e. The van der Waals surface area contributed by atoms with Crippen LogP contribution in [0.3, 0.4) is 0 Å². The maximum atomic E-state index is 11.0. The van der Waals surface area contributed by atoms with E-state index in [-0.39, 0.29) is 5.82 Å². The van der Waals surface area contributed by atoms with E-state index in [1.54, 1.807) is 6.07 Å². The summed E-state index contributed by atoms with van der Waals surface area (Å²) in [5.74, 6) is -0.419. The number of aromatic carboxylic acids is 1. The van der Waals surface area contributed by atoms with Crippen molar-refractivity contribution < 1.29 is 14.6 Å². The minimum atomic E-state index is -1.15. The summed E-state index contributed by atoms with van der Waals surface area (Å²) in [6.07, 6.45) is 1.98. The molecule has 1 heterocycles. The van der Waals surface area contributed by atoms with Crippen molar-refractivity contribution in [2.75, 3.05) is 6.61 Å². The quantitative estimate of drug-likeness (QED) is 0.819. The fourth-order valence-electron chi connectivity index (χ4n) is 1.91. The summed E-state index contributed by atoms with van der Waals surface area (Å²) in [5, 5.41) is 9.77. The number of para-hydroxylation sites is 1. The second kappa shape index (κ2) is 6.32. The van der Waals surface area contributed by atoms with E-state index in [0.717, 1.165) is 18.2 Å². The van der Waals surface area contributed by atoms with Gasteiger partial charge < -0.3 is 9.84 Å². The molecule has 5 heteroatoms. The molecule has 20 heavy (non-hydrogen) atoms. The highest BCUT2D eigenvalue weighted by molar-refractivity contribution is 5.89. The first-order valence-electron chi connectivity index (χ1n) is 6.71. The number of nitrogens with zero attached hydrogens (tertiary/aromatic N) is 2. The molecule has 0 unspecified atom stereocenters. The molecule has 0 fully saturated rings. The fourth-order valence-corrected chi connectivity index (χ4v) is 1.91. The van der Waals surface area contributed by atoms with Gasteiger partial charge in [-0.05, 0) is 30.9 Å². The van der Waals surface area contributed by atoms with Crippen LogP contribution in [0.25, 0.3) is 10.9 Å². The van der Waals surface area contributed by atoms with Gasteiger partial charge in [-0.3, -0.25) is 0 Å². The Morgan fingerprint density at radius 2 is 2.05 bits per heavy atom. The number of hydrogen-bond acceptors (Lipinski definition) is 4. The van der Waals surface area contributed by atoms with Crippen LogP contribution in [0.4, 0.5) is 0 Å². The second-order valence-corrected chi connectivity index (χ2v) is 5.06. The number of carboxylic acid groups (broad SMARTS) is 1. The average molecular weight is 274 g/mol. The molecule has 0 atom stereocenters. The highest BCUT2D eigenvalue weighted by Gasteiger charge is 2.13. The fraction of sp³-hybridized carbons (Fsp3) is 0.400. The lowest BCUT2D eigenvalue weighted by Gasteiger charge is -2.09. The van der Waals surface area contributed by atoms with Gasteiger partial charge in [0.05, 0.1) is 17.5 Å². The Morgan fingerprint density at radius 1 is 1.30 bits per heavy atom. The predicted octanol–water partition coefficient (Wildman–Crippen LogP) is 3.14. The predicted molar refractivity (Wildman–Crippen MR) is 76.1 cm³/mol. The summed E-state index contributed by atoms with van der Waals surface area (Å²) >= 11 is 0. The van der Waals surface area contributed by atoms with E-state index in [1.807, 2.05) is 18.2 Å². The summed E-state index contributed by atoms with van der Waals surface area (Å²) in [6, 6.07) is 7.25. The van der Waals surface area contributed by atoms with Gasteiger partial charge in [0.2, 0.25) is 11.7 Å². The van der Waals surface area contributed by atoms with Crippen molar-refractivity contribution in [1.29, 1.82) is 0 Å². The maximum absolute atomic E-state index is 11.0. The number of hydrogen-bond donors (Lipinski definition) is 1. The van der Waals surface area contributed by atoms with Crippen molar-refractivity contribution in [1.82, 2.24) is 9.97 Å². The van der Waals surface area contributed by atoms with E-state index < -0.39 is 5.97 Å². The molecule has 0 radical (unpaired) electrons. The van der Waals surface area contributed by atoms with Gasteiger partial charge in [-0.1, -0.05) is 26.0 Å². The monoisotopic (exact) mass is 274 g/mol. The number of fused-ring (bicyclic) bond motifs is 1. The standard InChI is InChI=1S/C15H18N2O3/c1-10(2)6-5-9-20-14-11-7-3-4-8-12(11)16-13(17-14)15(18)19/h3-4,7-8,10H,5-6,9H2,1-2H3,(H,18,19). The zero-order valence-electron chi connectivity index (χ0n) is 11.7. The molecule has 5 nitrogen and oxygen atoms in total. The van der Waals surface area contributed by atoms with Gasteiger partial charge in [0.15, 0.2) is 0 Å². The van der Waals surface area contributed by atoms with Crippen LogP contribution in [-0.2, 0) is 0 Å². The van der Waals surface area contributed by atoms with E-state index in [1.165, 1.54) is 0 Å². The van der Waals surface area contributed by atoms with E-state index in [9.17, 15) is 4.79 Å². The first kappa shape index (κ1) is 14.2. The SMILES string of the molecule is CC(C)CCCOc1nc(C(=O)O)nc2ccccc12. The lowest BCUT2D eigenvalue weighted by molar-refractivity contribution is 0.0682. The van der Waals surface area contributed by atoms with Crippen LogP contribution >= 0.6 is 0 Å². The first-order valence-corrected chi connectivity index (χ1v) is 6.71. The topological polar surface area (TPSA) is 72.3 Å². The molecule has 1 aromatic carbocycles. The average Bonchev–Trinajstić information content (AvgIpc) is 2.42. The number of benzene rings is 1. The summed E-state index contributed by atoms with van der Waals surface area (Å²) in [7, 11) is 0. The molecule has 2 aromatic rings. The Hall–Kier alpha value is -2.17. The van der Waals surface area contributed by atoms with Crippen molar-refractivity contribution in [2.24, 2.45) is 5.92 Å². The van der Waals surface area contributed by atoms with E-state index >= 15 is 0 Å². The lowest BCUT2D eigenvalue weighted by atomic mass is 10.1. The van der Waals surface area contributed by atoms with Crippen molar-refractivity contribution in [2.45, 2.75) is 26.7 Å². The third kappa shape index (κ3) is 3.44. The van der Waals surface area contributed by atoms with E-state index in [0.29, 0.717) is 23.9 Å². The molecule has 0 aliphatic heterocycles. The molecular weight excluding hydrogens is 256 g/mol. The number of carboxylic acids is 1. The molecule has 0 amide bonds. The van der Waals surface area contributed by atoms with Gasteiger partial charge in [-0.25, -0.2) is 9.78 Å². The van der Waals surface area contributed by atoms with Gasteiger partial charge in [-0.2, -0.15) is 4.98 Å². The summed E-state index contributed by atoms with van der Waals surface area (Å²) < 4.78 is 5.65. The summed E-state index contributed by atoms with van der Waals surface area (Å²) in [4.78, 5) is 19.0. The largest absolute Gasteiger partial charge is 0.477 e. The first-order chi connectivity index (χ1) is 9.58. The van der Waals surface area contributed by atoms with Crippen LogP contribution in [-0.4, -0.2) is 27.7 Å². The van der Waals surface area contributed by atoms with Crippen LogP contribution in [0.15, 0.2) is 24.3 Å². The number of carbonyl (C=O) groups is 1. The van der Waals surface area contributed by atoms with Gasteiger partial charge in [0, 0.05) is 0 Å². The third-order valence-electron chi connectivity index (χ3n) is 2.92. The number of rotatable bonds is 6. The van der Waals surface area contributed by atoms with Crippen LogP contribution in [0.5, 0.6) is 5.88 Å². The third-order valence-corrected chi connectivity index (χ3v) is 2.92. The molecule has 0 spiro atoms. The number of ether oxygens (including phenoxy) is 1. The number of aromatic nitrogens is 2. The van der Waals surface area contributed by atoms with Crippen molar-refractivity contribution in [3.05, 3.63) is 30.1 Å². The summed E-state index contributed by atoms with van der Waals surface area (Å²) in [5.41, 5.74) is 0.582. The Morgan fingerprint density at radius 3 is 2.75 bits per heavy atom. The molecule has 106 valence electrons. The van der Waals surface area contributed by atoms with Crippen LogP contribution in [0, 0.1) is 5.92 Å². The van der Waals surface area contributed by atoms with Crippen molar-refractivity contribution in [3.63, 3.8) is 0 Å². The Bertz CT molecular complexity index is 611. The van der Waals surface area contributed by atoms with Gasteiger partial charge >= 0.3 is 5.97 Å². The van der Waals surface area contributed by atoms with Crippen LogP contribution < -0.4 is 4.74 Å². The minimum absolute atomic E-state index is 0.234. The molecule has 1 N–H and O–H groups in total. The molecule has 2 rings (SSSR count). The van der Waals surface area contributed by atoms with Crippen LogP contribution in [0.1, 0.15) is 37.3 Å². The molecule has 0 saturated heterocycles. The zero-order chi connectivity index (χ0) is 14.5. The Labute approximate surface area is 117 Å². The van der Waals surface area contributed by atoms with Gasteiger partial charge in [0.1, 0.15) is 0 Å². The molecular formula is C15H18N2O3.